The van der Waals surface area contributed by atoms with Crippen LogP contribution in [0.5, 0.6) is 0 Å². The van der Waals surface area contributed by atoms with Gasteiger partial charge in [-0.2, -0.15) is 0 Å². The third kappa shape index (κ3) is 4.34. The van der Waals surface area contributed by atoms with Crippen LogP contribution in [-0.2, 0) is 22.4 Å². The molecule has 0 aliphatic carbocycles. The molecule has 0 unspecified atom stereocenters. The second-order valence-corrected chi connectivity index (χ2v) is 7.39. The summed E-state index contributed by atoms with van der Waals surface area (Å²) in [5, 5.41) is 24.1. The third-order valence-corrected chi connectivity index (χ3v) is 5.29. The van der Waals surface area contributed by atoms with Crippen molar-refractivity contribution >= 4 is 23.5 Å². The first-order valence-corrected chi connectivity index (χ1v) is 9.23. The molecule has 1 aliphatic heterocycles. The molecule has 28 heavy (non-hydrogen) atoms. The van der Waals surface area contributed by atoms with Gasteiger partial charge in [-0.3, -0.25) is 9.59 Å². The van der Waals surface area contributed by atoms with Crippen LogP contribution in [-0.4, -0.2) is 51.3 Å². The summed E-state index contributed by atoms with van der Waals surface area (Å²) in [6, 6.07) is 6.98. The first-order valence-electron chi connectivity index (χ1n) is 8.85. The maximum atomic E-state index is 13.2. The number of piperidine rings is 1. The highest BCUT2D eigenvalue weighted by molar-refractivity contribution is 6.29. The normalized spacial score (nSPS) is 22.2. The summed E-state index contributed by atoms with van der Waals surface area (Å²) < 4.78 is 18.1. The van der Waals surface area contributed by atoms with E-state index in [2.05, 4.69) is 5.16 Å². The highest BCUT2D eigenvalue weighted by atomic mass is 35.5. The molecule has 9 heteroatoms. The van der Waals surface area contributed by atoms with Crippen LogP contribution in [0.3, 0.4) is 0 Å². The van der Waals surface area contributed by atoms with E-state index in [-0.39, 0.29) is 49.8 Å². The van der Waals surface area contributed by atoms with Crippen LogP contribution in [0.15, 0.2) is 34.9 Å². The zero-order valence-electron chi connectivity index (χ0n) is 15.0. The van der Waals surface area contributed by atoms with Crippen molar-refractivity contribution in [1.82, 2.24) is 10.1 Å². The Morgan fingerprint density at radius 1 is 1.36 bits per heavy atom. The lowest BCUT2D eigenvalue weighted by atomic mass is 9.72. The fraction of sp³-hybridized carbons (Fsp3) is 0.421. The molecule has 1 saturated heterocycles. The van der Waals surface area contributed by atoms with Crippen LogP contribution in [0.4, 0.5) is 4.39 Å². The van der Waals surface area contributed by atoms with Gasteiger partial charge < -0.3 is 19.6 Å². The van der Waals surface area contributed by atoms with Crippen LogP contribution in [0.2, 0.25) is 5.15 Å². The van der Waals surface area contributed by atoms with Gasteiger partial charge in [0.15, 0.2) is 5.15 Å². The molecule has 2 aromatic rings. The van der Waals surface area contributed by atoms with Crippen molar-refractivity contribution in [2.45, 2.75) is 31.8 Å². The second kappa shape index (κ2) is 8.28. The predicted molar refractivity (Wildman–Crippen MR) is 97.2 cm³/mol. The Bertz CT molecular complexity index is 856. The molecule has 0 saturated carbocycles. The number of carbonyl (C=O) groups is 2. The maximum Gasteiger partial charge on any atom is 0.314 e. The van der Waals surface area contributed by atoms with Gasteiger partial charge in [0.25, 0.3) is 0 Å². The largest absolute Gasteiger partial charge is 0.481 e. The fourth-order valence-electron chi connectivity index (χ4n) is 3.51. The van der Waals surface area contributed by atoms with Gasteiger partial charge in [0.1, 0.15) is 17.0 Å². The van der Waals surface area contributed by atoms with Crippen LogP contribution in [0.1, 0.15) is 24.2 Å². The Labute approximate surface area is 165 Å². The lowest BCUT2D eigenvalue weighted by Crippen LogP contribution is -2.58. The number of halogens is 2. The van der Waals surface area contributed by atoms with Crippen molar-refractivity contribution in [2.24, 2.45) is 5.41 Å². The first kappa shape index (κ1) is 20.3. The zero-order valence-corrected chi connectivity index (χ0v) is 15.7. The molecule has 0 spiro atoms. The van der Waals surface area contributed by atoms with E-state index in [0.717, 1.165) is 0 Å². The number of benzene rings is 1. The first-order chi connectivity index (χ1) is 13.3. The monoisotopic (exact) mass is 410 g/mol. The van der Waals surface area contributed by atoms with Crippen molar-refractivity contribution in [1.29, 1.82) is 0 Å². The Balaban J connectivity index is 1.73. The molecule has 1 aromatic heterocycles. The number of rotatable bonds is 6. The number of nitrogens with zero attached hydrogens (tertiary/aromatic N) is 2. The number of carboxylic acid groups (broad SMARTS) is 1. The summed E-state index contributed by atoms with van der Waals surface area (Å²) in [7, 11) is 0. The number of aromatic nitrogens is 1. The average molecular weight is 411 g/mol. The van der Waals surface area contributed by atoms with Crippen molar-refractivity contribution in [2.75, 3.05) is 13.1 Å². The number of amides is 1. The second-order valence-electron chi connectivity index (χ2n) is 7.00. The lowest BCUT2D eigenvalue weighted by molar-refractivity contribution is -0.165. The number of aliphatic carboxylic acids is 1. The van der Waals surface area contributed by atoms with E-state index in [1.165, 1.54) is 35.2 Å². The molecule has 150 valence electrons. The number of hydrogen-bond acceptors (Lipinski definition) is 5. The van der Waals surface area contributed by atoms with Gasteiger partial charge >= 0.3 is 5.97 Å². The van der Waals surface area contributed by atoms with Crippen molar-refractivity contribution < 1.29 is 28.7 Å². The molecule has 1 amide bonds. The smallest absolute Gasteiger partial charge is 0.314 e. The summed E-state index contributed by atoms with van der Waals surface area (Å²) in [5.41, 5.74) is -0.977. The van der Waals surface area contributed by atoms with Crippen LogP contribution in [0.25, 0.3) is 0 Å². The van der Waals surface area contributed by atoms with E-state index in [0.29, 0.717) is 11.3 Å². The number of carboxylic acids is 1. The number of aliphatic hydroxyl groups is 1. The maximum absolute atomic E-state index is 13.2. The molecule has 1 aromatic carbocycles. The number of aryl methyl sites for hydroxylation is 1. The minimum absolute atomic E-state index is 0.00866. The highest BCUT2D eigenvalue weighted by Gasteiger charge is 2.50. The number of carbonyl (C=O) groups excluding carboxylic acids is 1. The predicted octanol–water partition coefficient (Wildman–Crippen LogP) is 2.31. The van der Waals surface area contributed by atoms with Gasteiger partial charge in [-0.15, -0.1) is 0 Å². The molecule has 3 rings (SSSR count). The van der Waals surface area contributed by atoms with E-state index in [1.54, 1.807) is 0 Å². The SMILES string of the molecule is O=C(CCc1cc(Cl)no1)N1CC[C@H](O)[C@](Cc2ccc(F)cc2)(C(=O)O)C1. The van der Waals surface area contributed by atoms with Crippen molar-refractivity contribution in [3.05, 3.63) is 52.6 Å². The van der Waals surface area contributed by atoms with E-state index in [4.69, 9.17) is 16.1 Å². The zero-order chi connectivity index (χ0) is 20.3. The van der Waals surface area contributed by atoms with Crippen molar-refractivity contribution in [3.8, 4) is 0 Å². The molecule has 2 atom stereocenters. The standard InChI is InChI=1S/C19H20ClFN2O5/c20-16-9-14(28-22-16)5-6-17(25)23-8-7-15(24)19(11-23,18(26)27)10-12-1-3-13(21)4-2-12/h1-4,9,15,24H,5-8,10-11H2,(H,26,27)/t15-,19+/m0/s1. The van der Waals surface area contributed by atoms with Gasteiger partial charge in [0.05, 0.1) is 6.10 Å². The number of hydrogen-bond donors (Lipinski definition) is 2. The van der Waals surface area contributed by atoms with Crippen LogP contribution < -0.4 is 0 Å². The summed E-state index contributed by atoms with van der Waals surface area (Å²) >= 11 is 5.68. The van der Waals surface area contributed by atoms with Gasteiger partial charge in [-0.25, -0.2) is 4.39 Å². The Morgan fingerprint density at radius 3 is 2.68 bits per heavy atom. The molecule has 2 N–H and O–H groups in total. The van der Waals surface area contributed by atoms with Gasteiger partial charge in [-0.05, 0) is 30.5 Å². The fourth-order valence-corrected chi connectivity index (χ4v) is 3.67. The summed E-state index contributed by atoms with van der Waals surface area (Å²) in [5.74, 6) is -1.40. The molecular formula is C19H20ClFN2O5. The van der Waals surface area contributed by atoms with Crippen LogP contribution >= 0.6 is 11.6 Å². The lowest BCUT2D eigenvalue weighted by Gasteiger charge is -2.43. The molecule has 1 fully saturated rings. The third-order valence-electron chi connectivity index (χ3n) is 5.11. The van der Waals surface area contributed by atoms with E-state index in [9.17, 15) is 24.2 Å². The minimum atomic E-state index is -1.55. The number of likely N-dealkylation sites (tertiary alicyclic amines) is 1. The average Bonchev–Trinajstić information content (AvgIpc) is 3.08. The van der Waals surface area contributed by atoms with E-state index in [1.807, 2.05) is 0 Å². The van der Waals surface area contributed by atoms with Gasteiger partial charge in [-0.1, -0.05) is 28.9 Å². The summed E-state index contributed by atoms with van der Waals surface area (Å²) in [6.07, 6.45) is -0.588. The number of aliphatic hydroxyl groups excluding tert-OH is 1. The van der Waals surface area contributed by atoms with E-state index < -0.39 is 23.3 Å². The molecule has 1 aliphatic rings. The molecule has 0 radical (unpaired) electrons. The van der Waals surface area contributed by atoms with Crippen molar-refractivity contribution in [3.63, 3.8) is 0 Å². The Morgan fingerprint density at radius 2 is 2.07 bits per heavy atom. The summed E-state index contributed by atoms with van der Waals surface area (Å²) in [6.45, 7) is 0.131. The molecule has 0 bridgehead atoms. The Hall–Kier alpha value is -2.45. The van der Waals surface area contributed by atoms with Gasteiger partial charge in [0.2, 0.25) is 5.91 Å². The summed E-state index contributed by atoms with van der Waals surface area (Å²) in [4.78, 5) is 26.1. The molecule has 2 heterocycles. The molecular weight excluding hydrogens is 391 g/mol. The highest BCUT2D eigenvalue weighted by Crippen LogP contribution is 2.35. The Kier molecular flexibility index (Phi) is 6.00. The van der Waals surface area contributed by atoms with Crippen LogP contribution in [0, 0.1) is 11.2 Å². The van der Waals surface area contributed by atoms with Gasteiger partial charge in [0, 0.05) is 32.0 Å². The topological polar surface area (TPSA) is 104 Å². The quantitative estimate of drug-likeness (QED) is 0.757. The molecule has 7 nitrogen and oxygen atoms in total. The van der Waals surface area contributed by atoms with E-state index >= 15 is 0 Å². The minimum Gasteiger partial charge on any atom is -0.481 e.